The Hall–Kier alpha value is -7.90. The summed E-state index contributed by atoms with van der Waals surface area (Å²) in [7, 11) is 1.34. The first-order valence-corrected chi connectivity index (χ1v) is 20.2. The van der Waals surface area contributed by atoms with Gasteiger partial charge in [0.2, 0.25) is 11.8 Å². The maximum absolute atomic E-state index is 14.2. The first-order chi connectivity index (χ1) is 32.0. The summed E-state index contributed by atoms with van der Waals surface area (Å²) in [6.07, 6.45) is 4.36. The molecule has 4 heterocycles. The molecule has 4 aromatic heterocycles. The predicted molar refractivity (Wildman–Crippen MR) is 232 cm³/mol. The van der Waals surface area contributed by atoms with Crippen LogP contribution in [0.5, 0.6) is 29.1 Å². The van der Waals surface area contributed by atoms with Gasteiger partial charge in [0.25, 0.3) is 11.8 Å². The summed E-state index contributed by atoms with van der Waals surface area (Å²) in [6, 6.07) is 22.1. The fraction of sp³-hybridized carbons (Fsp3) is 0.191. The number of methoxy groups -OCH3 is 1. The quantitative estimate of drug-likeness (QED) is 0.0576. The van der Waals surface area contributed by atoms with Gasteiger partial charge in [0.05, 0.1) is 23.9 Å². The molecule has 12 nitrogen and oxygen atoms in total. The van der Waals surface area contributed by atoms with Crippen molar-refractivity contribution in [1.29, 1.82) is 0 Å². The van der Waals surface area contributed by atoms with Gasteiger partial charge in [0.1, 0.15) is 70.1 Å². The van der Waals surface area contributed by atoms with Gasteiger partial charge in [-0.15, -0.1) is 4.73 Å². The minimum Gasteiger partial charge on any atom is -0.616 e. The first kappa shape index (κ1) is 47.1. The molecule has 0 bridgehead atoms. The molecule has 67 heavy (non-hydrogen) atoms. The summed E-state index contributed by atoms with van der Waals surface area (Å²) >= 11 is 0. The largest absolute Gasteiger partial charge is 0.616 e. The molecule has 0 spiro atoms. The molecule has 0 aliphatic heterocycles. The summed E-state index contributed by atoms with van der Waals surface area (Å²) in [6.45, 7) is 2.29. The monoisotopic (exact) mass is 930 g/mol. The number of halogens is 8. The van der Waals surface area contributed by atoms with E-state index in [1.807, 2.05) is 0 Å². The van der Waals surface area contributed by atoms with Gasteiger partial charge in [0.15, 0.2) is 6.20 Å². The standard InChI is InChI=1S/C24H20F4N4O2.C23H18F4N4O2/c1-24(27,28)15-11-19(33-2)32-20(12-15)34-16-5-3-14(4-6-16)9-10-29-23-21-17(25)7-8-18(26)22(21)30-13-31-23;1-23(26,27)15-9-11-31(32)19(12-15)33-16-4-2-14(3-5-16)8-10-28-22-20-17(24)6-7-18(25)21(20)29-13-30-22/h3-8,11-13H,9-10H2,1-2H3,(H,29,30,31);2-7,9,11-13H,8,10H2,1H3,(H,28,29,30). The number of aromatic nitrogens is 6. The summed E-state index contributed by atoms with van der Waals surface area (Å²) < 4.78 is 127. The van der Waals surface area contributed by atoms with Gasteiger partial charge in [-0.2, -0.15) is 4.98 Å². The van der Waals surface area contributed by atoms with Crippen LogP contribution >= 0.6 is 0 Å². The number of fused-ring (bicyclic) bond motifs is 2. The van der Waals surface area contributed by atoms with E-state index in [1.54, 1.807) is 48.5 Å². The molecule has 8 rings (SSSR count). The third-order valence-corrected chi connectivity index (χ3v) is 9.97. The number of pyridine rings is 2. The first-order valence-electron chi connectivity index (χ1n) is 20.2. The highest BCUT2D eigenvalue weighted by molar-refractivity contribution is 5.90. The van der Waals surface area contributed by atoms with Gasteiger partial charge in [-0.05, 0) is 72.5 Å². The lowest BCUT2D eigenvalue weighted by Crippen LogP contribution is -2.28. The molecular formula is C47H38F8N8O4. The smallest absolute Gasteiger partial charge is 0.385 e. The van der Waals surface area contributed by atoms with Gasteiger partial charge in [-0.25, -0.2) is 55.1 Å². The molecule has 0 fully saturated rings. The topological polar surface area (TPSA) is 143 Å². The molecule has 0 unspecified atom stereocenters. The highest BCUT2D eigenvalue weighted by atomic mass is 19.3. The van der Waals surface area contributed by atoms with Crippen molar-refractivity contribution in [2.75, 3.05) is 30.8 Å². The lowest BCUT2D eigenvalue weighted by molar-refractivity contribution is -0.611. The van der Waals surface area contributed by atoms with E-state index in [0.29, 0.717) is 42.2 Å². The van der Waals surface area contributed by atoms with Crippen molar-refractivity contribution < 1.29 is 54.1 Å². The van der Waals surface area contributed by atoms with Crippen LogP contribution in [0.15, 0.2) is 116 Å². The van der Waals surface area contributed by atoms with E-state index >= 15 is 0 Å². The Labute approximate surface area is 376 Å². The Balaban J connectivity index is 0.000000199. The highest BCUT2D eigenvalue weighted by Crippen LogP contribution is 2.34. The lowest BCUT2D eigenvalue weighted by Gasteiger charge is -2.14. The van der Waals surface area contributed by atoms with E-state index in [9.17, 15) is 40.3 Å². The maximum Gasteiger partial charge on any atom is 0.385 e. The van der Waals surface area contributed by atoms with Crippen LogP contribution in [0.25, 0.3) is 21.8 Å². The predicted octanol–water partition coefficient (Wildman–Crippen LogP) is 11.0. The SMILES string of the molecule is CC(F)(F)c1cc[n+]([O-])c(Oc2ccc(CCNc3ncnc4c(F)ccc(F)c34)cc2)c1.COc1cc(C(C)(F)F)cc(Oc2ccc(CCNc3ncnc4c(F)ccc(F)c34)cc2)n1. The second-order valence-corrected chi connectivity index (χ2v) is 14.9. The fourth-order valence-corrected chi connectivity index (χ4v) is 6.52. The zero-order valence-electron chi connectivity index (χ0n) is 35.6. The Morgan fingerprint density at radius 2 is 1.03 bits per heavy atom. The zero-order valence-corrected chi connectivity index (χ0v) is 35.6. The molecule has 0 saturated heterocycles. The number of anilines is 2. The van der Waals surface area contributed by atoms with Crippen LogP contribution in [0.2, 0.25) is 0 Å². The molecule has 0 aliphatic carbocycles. The summed E-state index contributed by atoms with van der Waals surface area (Å²) in [5.74, 6) is -7.87. The number of benzene rings is 4. The van der Waals surface area contributed by atoms with E-state index in [4.69, 9.17) is 14.2 Å². The maximum atomic E-state index is 14.2. The third-order valence-electron chi connectivity index (χ3n) is 9.97. The Bertz CT molecular complexity index is 3010. The minimum atomic E-state index is -3.10. The van der Waals surface area contributed by atoms with Crippen LogP contribution in [0, 0.1) is 28.5 Å². The van der Waals surface area contributed by atoms with Crippen molar-refractivity contribution in [1.82, 2.24) is 24.9 Å². The van der Waals surface area contributed by atoms with E-state index in [1.165, 1.54) is 13.4 Å². The molecule has 2 N–H and O–H groups in total. The van der Waals surface area contributed by atoms with Crippen LogP contribution in [0.4, 0.5) is 46.8 Å². The average Bonchev–Trinajstić information content (AvgIpc) is 3.30. The molecule has 0 amide bonds. The summed E-state index contributed by atoms with van der Waals surface area (Å²) in [4.78, 5) is 19.7. The molecule has 20 heteroatoms. The van der Waals surface area contributed by atoms with Crippen molar-refractivity contribution in [2.45, 2.75) is 38.5 Å². The zero-order chi connectivity index (χ0) is 47.9. The van der Waals surface area contributed by atoms with E-state index in [0.717, 1.165) is 86.0 Å². The molecule has 0 saturated carbocycles. The van der Waals surface area contributed by atoms with Crippen LogP contribution in [0.1, 0.15) is 36.1 Å². The Morgan fingerprint density at radius 3 is 1.51 bits per heavy atom. The second-order valence-electron chi connectivity index (χ2n) is 14.9. The van der Waals surface area contributed by atoms with Crippen molar-refractivity contribution in [3.05, 3.63) is 167 Å². The number of alkyl halides is 4. The van der Waals surface area contributed by atoms with E-state index in [-0.39, 0.29) is 62.2 Å². The number of ether oxygens (including phenoxy) is 3. The molecule has 346 valence electrons. The second kappa shape index (κ2) is 20.1. The minimum absolute atomic E-state index is 0.00550. The van der Waals surface area contributed by atoms with Gasteiger partial charge >= 0.3 is 5.88 Å². The molecular weight excluding hydrogens is 893 g/mol. The third kappa shape index (κ3) is 11.7. The van der Waals surface area contributed by atoms with Gasteiger partial charge in [-0.3, -0.25) is 0 Å². The van der Waals surface area contributed by atoms with Crippen LogP contribution in [-0.2, 0) is 24.7 Å². The summed E-state index contributed by atoms with van der Waals surface area (Å²) in [5, 5.41) is 17.8. The van der Waals surface area contributed by atoms with Crippen LogP contribution in [-0.4, -0.2) is 45.1 Å². The van der Waals surface area contributed by atoms with Gasteiger partial charge < -0.3 is 30.1 Å². The number of rotatable bonds is 15. The number of nitrogens with one attached hydrogen (secondary N) is 2. The molecule has 8 aromatic rings. The Morgan fingerprint density at radius 1 is 0.567 bits per heavy atom. The van der Waals surface area contributed by atoms with Crippen molar-refractivity contribution in [2.24, 2.45) is 0 Å². The molecule has 0 radical (unpaired) electrons. The highest BCUT2D eigenvalue weighted by Gasteiger charge is 2.28. The summed E-state index contributed by atoms with van der Waals surface area (Å²) in [5.41, 5.74) is 1.00. The molecule has 0 atom stereocenters. The van der Waals surface area contributed by atoms with Gasteiger partial charge in [0, 0.05) is 56.3 Å². The Kier molecular flexibility index (Phi) is 14.1. The van der Waals surface area contributed by atoms with Crippen LogP contribution in [0.3, 0.4) is 0 Å². The van der Waals surface area contributed by atoms with E-state index < -0.39 is 35.1 Å². The molecule has 4 aromatic carbocycles. The fourth-order valence-electron chi connectivity index (χ4n) is 6.52. The van der Waals surface area contributed by atoms with Crippen molar-refractivity contribution in [3.63, 3.8) is 0 Å². The number of nitrogens with zero attached hydrogens (tertiary/aromatic N) is 6. The van der Waals surface area contributed by atoms with E-state index in [2.05, 4.69) is 35.6 Å². The van der Waals surface area contributed by atoms with Gasteiger partial charge in [-0.1, -0.05) is 24.3 Å². The normalized spacial score (nSPS) is 11.5. The molecule has 0 aliphatic rings. The lowest BCUT2D eigenvalue weighted by atomic mass is 10.1. The van der Waals surface area contributed by atoms with Crippen molar-refractivity contribution in [3.8, 4) is 29.1 Å². The number of hydrogen-bond donors (Lipinski definition) is 2. The average molecular weight is 931 g/mol. The van der Waals surface area contributed by atoms with Crippen LogP contribution < -0.4 is 29.6 Å². The number of hydrogen-bond acceptors (Lipinski definition) is 11. The van der Waals surface area contributed by atoms with Crippen molar-refractivity contribution >= 4 is 33.4 Å².